The van der Waals surface area contributed by atoms with Gasteiger partial charge in [0.2, 0.25) is 0 Å². The van der Waals surface area contributed by atoms with Crippen molar-refractivity contribution in [1.82, 2.24) is 0 Å². The van der Waals surface area contributed by atoms with Gasteiger partial charge in [0.15, 0.2) is 0 Å². The summed E-state index contributed by atoms with van der Waals surface area (Å²) in [6, 6.07) is 3.52. The predicted molar refractivity (Wildman–Crippen MR) is 81.3 cm³/mol. The van der Waals surface area contributed by atoms with E-state index in [-0.39, 0.29) is 18.0 Å². The van der Waals surface area contributed by atoms with Gasteiger partial charge in [-0.05, 0) is 62.8 Å². The molecule has 22 heavy (non-hydrogen) atoms. The molecule has 1 N–H and O–H groups in total. The van der Waals surface area contributed by atoms with Crippen LogP contribution in [0.5, 0.6) is 5.75 Å². The van der Waals surface area contributed by atoms with Gasteiger partial charge < -0.3 is 14.6 Å². The second-order valence-electron chi connectivity index (χ2n) is 5.86. The van der Waals surface area contributed by atoms with Gasteiger partial charge in [-0.15, -0.1) is 0 Å². The number of ether oxygens (including phenoxy) is 2. The molecule has 1 fully saturated rings. The van der Waals surface area contributed by atoms with Gasteiger partial charge in [-0.2, -0.15) is 0 Å². The number of methoxy groups -OCH3 is 1. The summed E-state index contributed by atoms with van der Waals surface area (Å²) >= 11 is 0. The summed E-state index contributed by atoms with van der Waals surface area (Å²) in [6.07, 6.45) is 2.15. The zero-order chi connectivity index (χ0) is 16.3. The Balaban J connectivity index is 2.00. The molecule has 120 valence electrons. The van der Waals surface area contributed by atoms with Crippen LogP contribution in [0.3, 0.4) is 0 Å². The highest BCUT2D eigenvalue weighted by atomic mass is 16.5. The molecule has 5 nitrogen and oxygen atoms in total. The van der Waals surface area contributed by atoms with Crippen LogP contribution < -0.4 is 4.74 Å². The lowest BCUT2D eigenvalue weighted by Crippen LogP contribution is -2.27. The molecule has 0 bridgehead atoms. The minimum atomic E-state index is -0.758. The first-order valence-electron chi connectivity index (χ1n) is 7.51. The van der Waals surface area contributed by atoms with Crippen LogP contribution in [-0.4, -0.2) is 30.3 Å². The number of hydrogen-bond donors (Lipinski definition) is 1. The number of carbonyl (C=O) groups is 2. The molecule has 0 radical (unpaired) electrons. The van der Waals surface area contributed by atoms with Crippen molar-refractivity contribution in [3.05, 3.63) is 28.8 Å². The van der Waals surface area contributed by atoms with E-state index in [4.69, 9.17) is 14.6 Å². The third kappa shape index (κ3) is 3.59. The zero-order valence-electron chi connectivity index (χ0n) is 13.2. The standard InChI is InChI=1S/C17H22O5/c1-10-8-13(9-11(2)15(10)21-3)17(20)22-14-6-4-12(5-7-14)16(18)19/h8-9,12,14H,4-7H2,1-3H3,(H,18,19). The number of carboxylic acid groups (broad SMARTS) is 1. The topological polar surface area (TPSA) is 72.8 Å². The smallest absolute Gasteiger partial charge is 0.338 e. The highest BCUT2D eigenvalue weighted by molar-refractivity contribution is 5.90. The van der Waals surface area contributed by atoms with E-state index in [1.165, 1.54) is 0 Å². The monoisotopic (exact) mass is 306 g/mol. The second kappa shape index (κ2) is 6.81. The maximum Gasteiger partial charge on any atom is 0.338 e. The van der Waals surface area contributed by atoms with Crippen molar-refractivity contribution in [2.24, 2.45) is 5.92 Å². The Morgan fingerprint density at radius 2 is 1.64 bits per heavy atom. The largest absolute Gasteiger partial charge is 0.496 e. The summed E-state index contributed by atoms with van der Waals surface area (Å²) < 4.78 is 10.8. The molecule has 0 saturated heterocycles. The number of rotatable bonds is 4. The molecule has 0 unspecified atom stereocenters. The van der Waals surface area contributed by atoms with Crippen LogP contribution in [0.25, 0.3) is 0 Å². The average molecular weight is 306 g/mol. The third-order valence-corrected chi connectivity index (χ3v) is 4.20. The third-order valence-electron chi connectivity index (χ3n) is 4.20. The molecule has 0 spiro atoms. The molecule has 0 aromatic heterocycles. The maximum atomic E-state index is 12.3. The molecule has 1 saturated carbocycles. The molecule has 0 amide bonds. The van der Waals surface area contributed by atoms with E-state index in [1.807, 2.05) is 13.8 Å². The molecule has 1 aliphatic carbocycles. The Bertz CT molecular complexity index is 547. The van der Waals surface area contributed by atoms with Crippen LogP contribution in [0.2, 0.25) is 0 Å². The maximum absolute atomic E-state index is 12.3. The van der Waals surface area contributed by atoms with Gasteiger partial charge in [-0.25, -0.2) is 4.79 Å². The Labute approximate surface area is 130 Å². The van der Waals surface area contributed by atoms with Crippen LogP contribution in [0.1, 0.15) is 47.2 Å². The average Bonchev–Trinajstić information content (AvgIpc) is 2.47. The molecular weight excluding hydrogens is 284 g/mol. The fourth-order valence-corrected chi connectivity index (χ4v) is 3.04. The number of carboxylic acids is 1. The zero-order valence-corrected chi connectivity index (χ0v) is 13.2. The summed E-state index contributed by atoms with van der Waals surface area (Å²) in [5.74, 6) is -0.641. The minimum Gasteiger partial charge on any atom is -0.496 e. The summed E-state index contributed by atoms with van der Waals surface area (Å²) in [4.78, 5) is 23.2. The number of benzene rings is 1. The van der Waals surface area contributed by atoms with Crippen LogP contribution in [0.4, 0.5) is 0 Å². The number of carbonyl (C=O) groups excluding carboxylic acids is 1. The highest BCUT2D eigenvalue weighted by Crippen LogP contribution is 2.28. The molecule has 1 aliphatic rings. The first-order valence-corrected chi connectivity index (χ1v) is 7.51. The second-order valence-corrected chi connectivity index (χ2v) is 5.86. The molecular formula is C17H22O5. The van der Waals surface area contributed by atoms with Crippen molar-refractivity contribution in [2.75, 3.05) is 7.11 Å². The Kier molecular flexibility index (Phi) is 5.06. The van der Waals surface area contributed by atoms with Gasteiger partial charge in [0.25, 0.3) is 0 Å². The predicted octanol–water partition coefficient (Wildman–Crippen LogP) is 3.11. The lowest BCUT2D eigenvalue weighted by atomic mass is 9.87. The molecule has 1 aromatic rings. The first kappa shape index (κ1) is 16.3. The van der Waals surface area contributed by atoms with Crippen LogP contribution in [0, 0.1) is 19.8 Å². The lowest BCUT2D eigenvalue weighted by Gasteiger charge is -2.26. The van der Waals surface area contributed by atoms with Crippen molar-refractivity contribution < 1.29 is 24.2 Å². The summed E-state index contributed by atoms with van der Waals surface area (Å²) in [7, 11) is 1.61. The van der Waals surface area contributed by atoms with Gasteiger partial charge in [-0.1, -0.05) is 0 Å². The van der Waals surface area contributed by atoms with Crippen LogP contribution in [-0.2, 0) is 9.53 Å². The fraction of sp³-hybridized carbons (Fsp3) is 0.529. The first-order chi connectivity index (χ1) is 10.4. The molecule has 2 rings (SSSR count). The van der Waals surface area contributed by atoms with Gasteiger partial charge >= 0.3 is 11.9 Å². The SMILES string of the molecule is COc1c(C)cc(C(=O)OC2CCC(C(=O)O)CC2)cc1C. The number of aliphatic carboxylic acids is 1. The number of hydrogen-bond acceptors (Lipinski definition) is 4. The Hall–Kier alpha value is -2.04. The lowest BCUT2D eigenvalue weighted by molar-refractivity contribution is -0.143. The molecule has 0 aliphatic heterocycles. The van der Waals surface area contributed by atoms with E-state index in [0.717, 1.165) is 16.9 Å². The normalized spacial score (nSPS) is 21.2. The van der Waals surface area contributed by atoms with Crippen molar-refractivity contribution in [3.8, 4) is 5.75 Å². The van der Waals surface area contributed by atoms with Crippen LogP contribution >= 0.6 is 0 Å². The Morgan fingerprint density at radius 3 is 2.09 bits per heavy atom. The summed E-state index contributed by atoms with van der Waals surface area (Å²) in [5.41, 5.74) is 2.30. The summed E-state index contributed by atoms with van der Waals surface area (Å²) in [5, 5.41) is 8.98. The minimum absolute atomic E-state index is 0.189. The van der Waals surface area contributed by atoms with Gasteiger partial charge in [0.05, 0.1) is 18.6 Å². The quantitative estimate of drug-likeness (QED) is 0.865. The molecule has 1 aromatic carbocycles. The van der Waals surface area contributed by atoms with E-state index >= 15 is 0 Å². The van der Waals surface area contributed by atoms with Crippen LogP contribution in [0.15, 0.2) is 12.1 Å². The van der Waals surface area contributed by atoms with Crippen molar-refractivity contribution in [3.63, 3.8) is 0 Å². The van der Waals surface area contributed by atoms with E-state index in [9.17, 15) is 9.59 Å². The van der Waals surface area contributed by atoms with E-state index < -0.39 is 5.97 Å². The van der Waals surface area contributed by atoms with Gasteiger partial charge in [0, 0.05) is 0 Å². The summed E-state index contributed by atoms with van der Waals surface area (Å²) in [6.45, 7) is 3.78. The molecule has 0 heterocycles. The molecule has 0 atom stereocenters. The van der Waals surface area contributed by atoms with Crippen molar-refractivity contribution >= 4 is 11.9 Å². The number of aryl methyl sites for hydroxylation is 2. The van der Waals surface area contributed by atoms with E-state index in [1.54, 1.807) is 19.2 Å². The molecule has 5 heteroatoms. The fourth-order valence-electron chi connectivity index (χ4n) is 3.04. The van der Waals surface area contributed by atoms with Crippen molar-refractivity contribution in [2.45, 2.75) is 45.6 Å². The van der Waals surface area contributed by atoms with E-state index in [2.05, 4.69) is 0 Å². The van der Waals surface area contributed by atoms with Crippen molar-refractivity contribution in [1.29, 1.82) is 0 Å². The van der Waals surface area contributed by atoms with Gasteiger partial charge in [-0.3, -0.25) is 4.79 Å². The highest BCUT2D eigenvalue weighted by Gasteiger charge is 2.28. The Morgan fingerprint density at radius 1 is 1.09 bits per heavy atom. The van der Waals surface area contributed by atoms with E-state index in [0.29, 0.717) is 31.2 Å². The number of esters is 1. The van der Waals surface area contributed by atoms with Gasteiger partial charge in [0.1, 0.15) is 11.9 Å².